The van der Waals surface area contributed by atoms with Gasteiger partial charge in [-0.15, -0.1) is 0 Å². The highest BCUT2D eigenvalue weighted by molar-refractivity contribution is 5.99. The summed E-state index contributed by atoms with van der Waals surface area (Å²) in [5, 5.41) is 0.744. The van der Waals surface area contributed by atoms with Crippen molar-refractivity contribution in [3.8, 4) is 17.2 Å². The third kappa shape index (κ3) is 2.94. The lowest BCUT2D eigenvalue weighted by Crippen LogP contribution is -2.06. The molecule has 0 saturated heterocycles. The largest absolute Gasteiger partial charge is 0.484 e. The van der Waals surface area contributed by atoms with Crippen LogP contribution in [0.5, 0.6) is 17.2 Å². The van der Waals surface area contributed by atoms with Crippen LogP contribution in [-0.2, 0) is 11.3 Å². The monoisotopic (exact) mass is 354 g/mol. The smallest absolute Gasteiger partial charge is 0.378 e. The lowest BCUT2D eigenvalue weighted by atomic mass is 10.1. The van der Waals surface area contributed by atoms with E-state index < -0.39 is 5.97 Å². The van der Waals surface area contributed by atoms with E-state index in [-0.39, 0.29) is 25.8 Å². The van der Waals surface area contributed by atoms with Crippen molar-refractivity contribution in [3.63, 3.8) is 0 Å². The molecule has 0 N–H and O–H groups in total. The van der Waals surface area contributed by atoms with Crippen LogP contribution < -0.4 is 14.2 Å². The second kappa shape index (κ2) is 6.63. The first-order valence-corrected chi connectivity index (χ1v) is 8.37. The summed E-state index contributed by atoms with van der Waals surface area (Å²) in [6.45, 7) is 4.45. The fraction of sp³-hybridized carbons (Fsp3) is 0.250. The lowest BCUT2D eigenvalue weighted by Gasteiger charge is -2.08. The number of furan rings is 1. The van der Waals surface area contributed by atoms with Gasteiger partial charge in [-0.3, -0.25) is 0 Å². The van der Waals surface area contributed by atoms with Gasteiger partial charge in [0.15, 0.2) is 17.2 Å². The number of benzene rings is 2. The third-order valence-corrected chi connectivity index (χ3v) is 4.08. The number of hydrogen-bond donors (Lipinski definition) is 0. The second-order valence-electron chi connectivity index (χ2n) is 5.96. The highest BCUT2D eigenvalue weighted by atomic mass is 16.7. The van der Waals surface area contributed by atoms with Crippen molar-refractivity contribution in [2.24, 2.45) is 0 Å². The number of fused-ring (bicyclic) bond motifs is 2. The molecule has 26 heavy (non-hydrogen) atoms. The molecule has 0 spiro atoms. The van der Waals surface area contributed by atoms with Gasteiger partial charge in [0.05, 0.1) is 12.0 Å². The molecule has 0 radical (unpaired) electrons. The number of aryl methyl sites for hydroxylation is 1. The maximum atomic E-state index is 12.3. The Labute approximate surface area is 150 Å². The molecule has 134 valence electrons. The Hall–Kier alpha value is -3.15. The van der Waals surface area contributed by atoms with E-state index in [1.54, 1.807) is 6.92 Å². The van der Waals surface area contributed by atoms with Crippen molar-refractivity contribution in [1.29, 1.82) is 0 Å². The van der Waals surface area contributed by atoms with Crippen LogP contribution in [0.1, 0.15) is 28.6 Å². The van der Waals surface area contributed by atoms with Gasteiger partial charge in [-0.05, 0) is 43.7 Å². The Morgan fingerprint density at radius 1 is 1.12 bits per heavy atom. The molecule has 2 heterocycles. The molecule has 0 unspecified atom stereocenters. The van der Waals surface area contributed by atoms with Crippen LogP contribution in [0.4, 0.5) is 0 Å². The van der Waals surface area contributed by atoms with Gasteiger partial charge in [0.25, 0.3) is 5.76 Å². The summed E-state index contributed by atoms with van der Waals surface area (Å²) in [5.41, 5.74) is 2.52. The van der Waals surface area contributed by atoms with Crippen LogP contribution >= 0.6 is 0 Å². The molecule has 0 saturated carbocycles. The van der Waals surface area contributed by atoms with Gasteiger partial charge < -0.3 is 23.4 Å². The van der Waals surface area contributed by atoms with Crippen LogP contribution in [0.3, 0.4) is 0 Å². The number of esters is 1. The van der Waals surface area contributed by atoms with Crippen molar-refractivity contribution in [3.05, 3.63) is 53.3 Å². The van der Waals surface area contributed by atoms with Crippen LogP contribution in [0.15, 0.2) is 40.8 Å². The van der Waals surface area contributed by atoms with Crippen molar-refractivity contribution >= 4 is 16.9 Å². The minimum Gasteiger partial charge on any atom is -0.484 e. The predicted octanol–water partition coefficient (Wildman–Crippen LogP) is 4.23. The van der Waals surface area contributed by atoms with E-state index in [1.165, 1.54) is 0 Å². The van der Waals surface area contributed by atoms with E-state index in [9.17, 15) is 4.79 Å². The molecule has 6 heteroatoms. The Bertz CT molecular complexity index is 972. The topological polar surface area (TPSA) is 67.1 Å². The molecular weight excluding hydrogens is 336 g/mol. The fourth-order valence-corrected chi connectivity index (χ4v) is 2.85. The summed E-state index contributed by atoms with van der Waals surface area (Å²) in [6.07, 6.45) is 0. The number of ether oxygens (including phenoxy) is 4. The average molecular weight is 354 g/mol. The highest BCUT2D eigenvalue weighted by Gasteiger charge is 2.24. The first-order valence-electron chi connectivity index (χ1n) is 8.37. The zero-order chi connectivity index (χ0) is 18.1. The Kier molecular flexibility index (Phi) is 4.16. The molecule has 0 bridgehead atoms. The maximum absolute atomic E-state index is 12.3. The number of carbonyl (C=O) groups is 1. The standard InChI is InChI=1S/C20H18O6/c1-3-22-20(21)19-18(14-8-12(2)4-6-15(14)26-19)23-10-13-5-7-16-17(9-13)25-11-24-16/h4-9H,3,10-11H2,1-2H3. The molecule has 6 nitrogen and oxygen atoms in total. The third-order valence-electron chi connectivity index (χ3n) is 4.08. The Balaban J connectivity index is 1.66. The van der Waals surface area contributed by atoms with Gasteiger partial charge in [0.1, 0.15) is 12.2 Å². The molecular formula is C20H18O6. The van der Waals surface area contributed by atoms with Crippen LogP contribution in [0.25, 0.3) is 11.0 Å². The SMILES string of the molecule is CCOC(=O)c1oc2ccc(C)cc2c1OCc1ccc2c(c1)OCO2. The quantitative estimate of drug-likeness (QED) is 0.639. The minimum absolute atomic E-state index is 0.0770. The molecule has 0 atom stereocenters. The summed E-state index contributed by atoms with van der Waals surface area (Å²) in [4.78, 5) is 12.3. The highest BCUT2D eigenvalue weighted by Crippen LogP contribution is 2.36. The molecule has 3 aromatic rings. The summed E-state index contributed by atoms with van der Waals surface area (Å²) < 4.78 is 27.4. The van der Waals surface area contributed by atoms with Crippen molar-refractivity contribution < 1.29 is 28.2 Å². The summed E-state index contributed by atoms with van der Waals surface area (Å²) in [6, 6.07) is 11.3. The summed E-state index contributed by atoms with van der Waals surface area (Å²) in [7, 11) is 0. The molecule has 0 amide bonds. The first kappa shape index (κ1) is 16.3. The molecule has 1 aliphatic rings. The lowest BCUT2D eigenvalue weighted by molar-refractivity contribution is 0.0486. The Morgan fingerprint density at radius 2 is 1.96 bits per heavy atom. The fourth-order valence-electron chi connectivity index (χ4n) is 2.85. The molecule has 1 aromatic heterocycles. The minimum atomic E-state index is -0.540. The molecule has 1 aliphatic heterocycles. The number of hydrogen-bond acceptors (Lipinski definition) is 6. The van der Waals surface area contributed by atoms with E-state index in [0.717, 1.165) is 16.5 Å². The van der Waals surface area contributed by atoms with Gasteiger partial charge >= 0.3 is 5.97 Å². The number of carbonyl (C=O) groups excluding carboxylic acids is 1. The van der Waals surface area contributed by atoms with E-state index in [1.807, 2.05) is 43.3 Å². The zero-order valence-electron chi connectivity index (χ0n) is 14.5. The maximum Gasteiger partial charge on any atom is 0.378 e. The zero-order valence-corrected chi connectivity index (χ0v) is 14.5. The van der Waals surface area contributed by atoms with Crippen LogP contribution in [0, 0.1) is 6.92 Å². The van der Waals surface area contributed by atoms with Gasteiger partial charge in [-0.1, -0.05) is 17.7 Å². The van der Waals surface area contributed by atoms with Crippen molar-refractivity contribution in [2.75, 3.05) is 13.4 Å². The molecule has 0 fully saturated rings. The van der Waals surface area contributed by atoms with E-state index in [0.29, 0.717) is 22.8 Å². The molecule has 0 aliphatic carbocycles. The summed E-state index contributed by atoms with van der Waals surface area (Å²) >= 11 is 0. The second-order valence-corrected chi connectivity index (χ2v) is 5.96. The van der Waals surface area contributed by atoms with E-state index in [4.69, 9.17) is 23.4 Å². The molecule has 2 aromatic carbocycles. The van der Waals surface area contributed by atoms with Gasteiger partial charge in [-0.2, -0.15) is 0 Å². The van der Waals surface area contributed by atoms with Gasteiger partial charge in [0, 0.05) is 0 Å². The normalized spacial score (nSPS) is 12.4. The predicted molar refractivity (Wildman–Crippen MR) is 93.8 cm³/mol. The van der Waals surface area contributed by atoms with Crippen LogP contribution in [-0.4, -0.2) is 19.4 Å². The van der Waals surface area contributed by atoms with E-state index >= 15 is 0 Å². The van der Waals surface area contributed by atoms with Gasteiger partial charge in [-0.25, -0.2) is 4.79 Å². The van der Waals surface area contributed by atoms with Crippen molar-refractivity contribution in [2.45, 2.75) is 20.5 Å². The van der Waals surface area contributed by atoms with Crippen molar-refractivity contribution in [1.82, 2.24) is 0 Å². The first-order chi connectivity index (χ1) is 12.7. The summed E-state index contributed by atoms with van der Waals surface area (Å²) in [5.74, 6) is 1.32. The Morgan fingerprint density at radius 3 is 2.81 bits per heavy atom. The molecule has 4 rings (SSSR count). The average Bonchev–Trinajstić information content (AvgIpc) is 3.23. The van der Waals surface area contributed by atoms with E-state index in [2.05, 4.69) is 0 Å². The number of rotatable bonds is 5. The van der Waals surface area contributed by atoms with Crippen LogP contribution in [0.2, 0.25) is 0 Å². The van der Waals surface area contributed by atoms with Gasteiger partial charge in [0.2, 0.25) is 6.79 Å².